The van der Waals surface area contributed by atoms with Gasteiger partial charge in [0.2, 0.25) is 0 Å². The fourth-order valence-electron chi connectivity index (χ4n) is 1.66. The van der Waals surface area contributed by atoms with E-state index in [4.69, 9.17) is 0 Å². The zero-order valence-corrected chi connectivity index (χ0v) is 10.3. The minimum absolute atomic E-state index is 0.745. The molecule has 1 unspecified atom stereocenters. The smallest absolute Gasteiger partial charge is 0.119 e. The van der Waals surface area contributed by atoms with E-state index in [1.165, 1.54) is 38.5 Å². The van der Waals surface area contributed by atoms with Crippen molar-refractivity contribution in [3.63, 3.8) is 0 Å². The Bertz CT molecular complexity index is 125. The molecule has 0 N–H and O–H groups in total. The predicted octanol–water partition coefficient (Wildman–Crippen LogP) is 3.87. The van der Waals surface area contributed by atoms with Crippen LogP contribution in [0.2, 0.25) is 0 Å². The molecule has 0 fully saturated rings. The van der Waals surface area contributed by atoms with Crippen LogP contribution in [0.1, 0.15) is 58.3 Å². The number of thiol groups is 1. The molecule has 0 aromatic carbocycles. The van der Waals surface area contributed by atoms with E-state index >= 15 is 0 Å². The van der Waals surface area contributed by atoms with Crippen molar-refractivity contribution >= 4 is 18.9 Å². The van der Waals surface area contributed by atoms with Crippen molar-refractivity contribution in [1.29, 1.82) is 0 Å². The highest BCUT2D eigenvalue weighted by Gasteiger charge is 2.00. The second kappa shape index (κ2) is 11.1. The third-order valence-electron chi connectivity index (χ3n) is 2.62. The molecule has 1 atom stereocenters. The maximum atomic E-state index is 10.1. The van der Waals surface area contributed by atoms with Gasteiger partial charge in [-0.2, -0.15) is 12.6 Å². The summed E-state index contributed by atoms with van der Waals surface area (Å²) >= 11 is 4.21. The van der Waals surface area contributed by atoms with Gasteiger partial charge in [-0.3, -0.25) is 0 Å². The van der Waals surface area contributed by atoms with Crippen LogP contribution in [-0.4, -0.2) is 12.0 Å². The summed E-state index contributed by atoms with van der Waals surface area (Å²) in [7, 11) is 0. The Morgan fingerprint density at radius 2 is 1.71 bits per heavy atom. The number of unbranched alkanes of at least 4 members (excludes halogenated alkanes) is 4. The SMILES string of the molecule is CC(CCCS)CCCCCCC=O. The van der Waals surface area contributed by atoms with E-state index in [2.05, 4.69) is 19.6 Å². The van der Waals surface area contributed by atoms with Gasteiger partial charge < -0.3 is 4.79 Å². The Balaban J connectivity index is 3.06. The minimum Gasteiger partial charge on any atom is -0.303 e. The molecule has 0 aliphatic rings. The minimum atomic E-state index is 0.745. The highest BCUT2D eigenvalue weighted by atomic mass is 32.1. The lowest BCUT2D eigenvalue weighted by Gasteiger charge is -2.09. The highest BCUT2D eigenvalue weighted by molar-refractivity contribution is 7.80. The molecule has 0 aromatic rings. The molecule has 0 aromatic heterocycles. The van der Waals surface area contributed by atoms with Gasteiger partial charge in [-0.05, 0) is 30.9 Å². The molecule has 0 radical (unpaired) electrons. The Morgan fingerprint density at radius 3 is 2.36 bits per heavy atom. The summed E-state index contributed by atoms with van der Waals surface area (Å²) in [5.74, 6) is 1.87. The van der Waals surface area contributed by atoms with Crippen molar-refractivity contribution in [2.75, 3.05) is 5.75 Å². The van der Waals surface area contributed by atoms with Gasteiger partial charge in [-0.25, -0.2) is 0 Å². The summed E-state index contributed by atoms with van der Waals surface area (Å²) in [6, 6.07) is 0. The zero-order chi connectivity index (χ0) is 10.6. The molecule has 0 aliphatic carbocycles. The van der Waals surface area contributed by atoms with Crippen LogP contribution in [0.5, 0.6) is 0 Å². The first kappa shape index (κ1) is 14.0. The summed E-state index contributed by atoms with van der Waals surface area (Å²) in [4.78, 5) is 10.1. The summed E-state index contributed by atoms with van der Waals surface area (Å²) in [6.45, 7) is 2.33. The van der Waals surface area contributed by atoms with Crippen LogP contribution in [0.15, 0.2) is 0 Å². The van der Waals surface area contributed by atoms with Gasteiger partial charge >= 0.3 is 0 Å². The lowest BCUT2D eigenvalue weighted by atomic mass is 9.98. The molecule has 0 spiro atoms. The highest BCUT2D eigenvalue weighted by Crippen LogP contribution is 2.15. The Labute approximate surface area is 94.1 Å². The lowest BCUT2D eigenvalue weighted by Crippen LogP contribution is -1.95. The van der Waals surface area contributed by atoms with Crippen LogP contribution in [0.25, 0.3) is 0 Å². The molecule has 2 heteroatoms. The Morgan fingerprint density at radius 1 is 1.07 bits per heavy atom. The largest absolute Gasteiger partial charge is 0.303 e. The lowest BCUT2D eigenvalue weighted by molar-refractivity contribution is -0.107. The predicted molar refractivity (Wildman–Crippen MR) is 66.0 cm³/mol. The molecule has 0 saturated heterocycles. The molecular formula is C12H24OS. The molecular weight excluding hydrogens is 192 g/mol. The van der Waals surface area contributed by atoms with Gasteiger partial charge in [0.15, 0.2) is 0 Å². The van der Waals surface area contributed by atoms with Crippen LogP contribution in [0.4, 0.5) is 0 Å². The van der Waals surface area contributed by atoms with Crippen molar-refractivity contribution in [2.24, 2.45) is 5.92 Å². The van der Waals surface area contributed by atoms with Crippen LogP contribution >= 0.6 is 12.6 Å². The van der Waals surface area contributed by atoms with E-state index in [0.717, 1.165) is 30.8 Å². The third kappa shape index (κ3) is 10.1. The molecule has 0 amide bonds. The van der Waals surface area contributed by atoms with E-state index in [9.17, 15) is 4.79 Å². The first-order chi connectivity index (χ1) is 6.81. The first-order valence-corrected chi connectivity index (χ1v) is 6.49. The molecule has 1 nitrogen and oxygen atoms in total. The zero-order valence-electron chi connectivity index (χ0n) is 9.37. The molecule has 0 heterocycles. The fraction of sp³-hybridized carbons (Fsp3) is 0.917. The summed E-state index contributed by atoms with van der Waals surface area (Å²) < 4.78 is 0. The van der Waals surface area contributed by atoms with Gasteiger partial charge in [0.05, 0.1) is 0 Å². The van der Waals surface area contributed by atoms with Crippen LogP contribution in [-0.2, 0) is 4.79 Å². The molecule has 84 valence electrons. The molecule has 0 aliphatic heterocycles. The molecule has 0 rings (SSSR count). The van der Waals surface area contributed by atoms with Crippen molar-refractivity contribution < 1.29 is 4.79 Å². The Kier molecular flexibility index (Phi) is 11.1. The quantitative estimate of drug-likeness (QED) is 0.333. The fourth-order valence-corrected chi connectivity index (χ4v) is 1.84. The van der Waals surface area contributed by atoms with Crippen LogP contribution < -0.4 is 0 Å². The van der Waals surface area contributed by atoms with E-state index in [0.29, 0.717) is 0 Å². The van der Waals surface area contributed by atoms with Crippen molar-refractivity contribution in [1.82, 2.24) is 0 Å². The molecule has 0 saturated carbocycles. The van der Waals surface area contributed by atoms with Crippen LogP contribution in [0.3, 0.4) is 0 Å². The number of carbonyl (C=O) groups excluding carboxylic acids is 1. The maximum absolute atomic E-state index is 10.1. The topological polar surface area (TPSA) is 17.1 Å². The van der Waals surface area contributed by atoms with Gasteiger partial charge in [0.1, 0.15) is 6.29 Å². The van der Waals surface area contributed by atoms with Crippen molar-refractivity contribution in [3.8, 4) is 0 Å². The second-order valence-electron chi connectivity index (χ2n) is 4.13. The summed E-state index contributed by atoms with van der Waals surface area (Å²) in [5.41, 5.74) is 0. The maximum Gasteiger partial charge on any atom is 0.119 e. The number of aldehydes is 1. The van der Waals surface area contributed by atoms with E-state index in [1.807, 2.05) is 0 Å². The molecule has 0 bridgehead atoms. The van der Waals surface area contributed by atoms with Crippen molar-refractivity contribution in [3.05, 3.63) is 0 Å². The van der Waals surface area contributed by atoms with E-state index in [1.54, 1.807) is 0 Å². The molecule has 14 heavy (non-hydrogen) atoms. The van der Waals surface area contributed by atoms with Gasteiger partial charge in [-0.1, -0.05) is 32.6 Å². The normalized spacial score (nSPS) is 12.7. The van der Waals surface area contributed by atoms with Gasteiger partial charge in [0.25, 0.3) is 0 Å². The summed E-state index contributed by atoms with van der Waals surface area (Å²) in [6.07, 6.45) is 10.6. The standard InChI is InChI=1S/C12H24OS/c1-12(9-7-11-14)8-5-3-2-4-6-10-13/h10,12,14H,2-9,11H2,1H3. The average Bonchev–Trinajstić information content (AvgIpc) is 2.20. The van der Waals surface area contributed by atoms with Crippen molar-refractivity contribution in [2.45, 2.75) is 58.3 Å². The van der Waals surface area contributed by atoms with Gasteiger partial charge in [0, 0.05) is 6.42 Å². The monoisotopic (exact) mass is 216 g/mol. The number of rotatable bonds is 10. The second-order valence-corrected chi connectivity index (χ2v) is 4.58. The number of carbonyl (C=O) groups is 1. The van der Waals surface area contributed by atoms with E-state index < -0.39 is 0 Å². The third-order valence-corrected chi connectivity index (χ3v) is 2.94. The van der Waals surface area contributed by atoms with Crippen LogP contribution in [0, 0.1) is 5.92 Å². The number of hydrogen-bond donors (Lipinski definition) is 1. The number of hydrogen-bond acceptors (Lipinski definition) is 2. The van der Waals surface area contributed by atoms with E-state index in [-0.39, 0.29) is 0 Å². The summed E-state index contributed by atoms with van der Waals surface area (Å²) in [5, 5.41) is 0. The average molecular weight is 216 g/mol. The van der Waals surface area contributed by atoms with Gasteiger partial charge in [-0.15, -0.1) is 0 Å². The Hall–Kier alpha value is 0.0200. The first-order valence-electron chi connectivity index (χ1n) is 5.85.